The molecule has 0 saturated heterocycles. The number of hydrogen-bond acceptors (Lipinski definition) is 1. The zero-order valence-electron chi connectivity index (χ0n) is 5.82. The van der Waals surface area contributed by atoms with E-state index < -0.39 is 0 Å². The monoisotopic (exact) mass is 136 g/mol. The molecule has 0 bridgehead atoms. The Morgan fingerprint density at radius 2 is 1.25 bits per heavy atom. The van der Waals surface area contributed by atoms with Crippen molar-refractivity contribution < 1.29 is 0 Å². The summed E-state index contributed by atoms with van der Waals surface area (Å²) in [4.78, 5) is 0. The van der Waals surface area contributed by atoms with Crippen LogP contribution >= 0.6 is 11.8 Å². The Morgan fingerprint density at radius 3 is 1.25 bits per heavy atom. The Balaban J connectivity index is -0.0000000575. The summed E-state index contributed by atoms with van der Waals surface area (Å²) in [5.41, 5.74) is 0. The van der Waals surface area contributed by atoms with Crippen molar-refractivity contribution in [2.75, 3.05) is 12.0 Å². The zero-order chi connectivity index (χ0) is 6.12. The summed E-state index contributed by atoms with van der Waals surface area (Å²) in [6, 6.07) is 0. The molecule has 8 heavy (non-hydrogen) atoms. The first-order valence-electron chi connectivity index (χ1n) is 2.82. The van der Waals surface area contributed by atoms with Gasteiger partial charge in [-0.15, -0.1) is 0 Å². The van der Waals surface area contributed by atoms with E-state index in [0.29, 0.717) is 0 Å². The Kier molecular flexibility index (Phi) is 52.0. The number of hydrogen-bond donors (Lipinski definition) is 0. The Hall–Kier alpha value is 0.350. The highest BCUT2D eigenvalue weighted by Crippen LogP contribution is 1.83. The quantitative estimate of drug-likeness (QED) is 0.532. The van der Waals surface area contributed by atoms with Gasteiger partial charge in [0.2, 0.25) is 0 Å². The van der Waals surface area contributed by atoms with Crippen LogP contribution in [0.15, 0.2) is 0 Å². The van der Waals surface area contributed by atoms with E-state index in [1.807, 2.05) is 11.8 Å². The predicted octanol–water partition coefficient (Wildman–Crippen LogP) is 3.42. The van der Waals surface area contributed by atoms with Crippen molar-refractivity contribution in [1.82, 2.24) is 0 Å². The standard InChI is InChI=1S/C3H8S.C3H8.CH4/c1-3-4-2;1-3-2;/h3H2,1-2H3;3H2,1-2H3;1H4. The predicted molar refractivity (Wildman–Crippen MR) is 46.8 cm³/mol. The fourth-order valence-electron chi connectivity index (χ4n) is 0. The van der Waals surface area contributed by atoms with E-state index in [1.165, 1.54) is 12.2 Å². The van der Waals surface area contributed by atoms with E-state index in [4.69, 9.17) is 0 Å². The lowest BCUT2D eigenvalue weighted by Gasteiger charge is -1.69. The smallest absolute Gasteiger partial charge is 0.00988 e. The molecule has 0 spiro atoms. The van der Waals surface area contributed by atoms with Crippen molar-refractivity contribution in [2.24, 2.45) is 0 Å². The van der Waals surface area contributed by atoms with Crippen LogP contribution in [-0.2, 0) is 0 Å². The second-order valence-electron chi connectivity index (χ2n) is 1.28. The van der Waals surface area contributed by atoms with Gasteiger partial charge in [-0.1, -0.05) is 34.6 Å². The van der Waals surface area contributed by atoms with E-state index in [1.54, 1.807) is 0 Å². The molecule has 1 heteroatoms. The summed E-state index contributed by atoms with van der Waals surface area (Å²) in [6.07, 6.45) is 3.35. The maximum Gasteiger partial charge on any atom is -0.00988 e. The van der Waals surface area contributed by atoms with Crippen molar-refractivity contribution in [3.63, 3.8) is 0 Å². The second-order valence-corrected chi connectivity index (χ2v) is 2.44. The molecule has 0 heterocycles. The van der Waals surface area contributed by atoms with Crippen LogP contribution < -0.4 is 0 Å². The molecular weight excluding hydrogens is 116 g/mol. The maximum absolute atomic E-state index is 2.14. The first kappa shape index (κ1) is 15.8. The summed E-state index contributed by atoms with van der Waals surface area (Å²) in [6.45, 7) is 6.39. The van der Waals surface area contributed by atoms with E-state index in [0.717, 1.165) is 0 Å². The lowest BCUT2D eigenvalue weighted by Crippen LogP contribution is -1.52. The average Bonchev–Trinajstić information content (AvgIpc) is 1.69. The Labute approximate surface area is 59.1 Å². The van der Waals surface area contributed by atoms with Gasteiger partial charge in [0.1, 0.15) is 0 Å². The average molecular weight is 136 g/mol. The third-order valence-corrected chi connectivity index (χ3v) is 0.866. The van der Waals surface area contributed by atoms with E-state index in [9.17, 15) is 0 Å². The van der Waals surface area contributed by atoms with Gasteiger partial charge < -0.3 is 0 Å². The first-order chi connectivity index (χ1) is 3.33. The van der Waals surface area contributed by atoms with Gasteiger partial charge in [-0.2, -0.15) is 11.8 Å². The molecule has 0 rings (SSSR count). The van der Waals surface area contributed by atoms with Crippen LogP contribution in [0, 0.1) is 0 Å². The molecule has 0 amide bonds. The maximum atomic E-state index is 2.14. The zero-order valence-corrected chi connectivity index (χ0v) is 6.64. The Bertz CT molecular complexity index is 11.9. The van der Waals surface area contributed by atoms with Gasteiger partial charge in [0, 0.05) is 0 Å². The topological polar surface area (TPSA) is 0 Å². The van der Waals surface area contributed by atoms with Crippen LogP contribution in [0.5, 0.6) is 0 Å². The number of rotatable bonds is 1. The van der Waals surface area contributed by atoms with Gasteiger partial charge >= 0.3 is 0 Å². The van der Waals surface area contributed by atoms with Crippen molar-refractivity contribution in [3.05, 3.63) is 0 Å². The highest BCUT2D eigenvalue weighted by atomic mass is 32.2. The minimum atomic E-state index is 0. The molecule has 0 aliphatic heterocycles. The molecule has 0 N–H and O–H groups in total. The molecule has 0 aromatic rings. The van der Waals surface area contributed by atoms with Gasteiger partial charge in [0.15, 0.2) is 0 Å². The lowest BCUT2D eigenvalue weighted by atomic mass is 10.6. The van der Waals surface area contributed by atoms with Crippen molar-refractivity contribution in [3.8, 4) is 0 Å². The van der Waals surface area contributed by atoms with Gasteiger partial charge in [-0.3, -0.25) is 0 Å². The van der Waals surface area contributed by atoms with Gasteiger partial charge in [0.25, 0.3) is 0 Å². The molecule has 0 aromatic carbocycles. The first-order valence-corrected chi connectivity index (χ1v) is 4.21. The van der Waals surface area contributed by atoms with Gasteiger partial charge in [-0.05, 0) is 12.0 Å². The summed E-state index contributed by atoms with van der Waals surface area (Å²) >= 11 is 1.86. The molecule has 0 aliphatic carbocycles. The van der Waals surface area contributed by atoms with Crippen LogP contribution in [0.2, 0.25) is 0 Å². The fourth-order valence-corrected chi connectivity index (χ4v) is 0. The molecule has 0 unspecified atom stereocenters. The van der Waals surface area contributed by atoms with Crippen LogP contribution in [0.1, 0.15) is 34.6 Å². The highest BCUT2D eigenvalue weighted by Gasteiger charge is 1.55. The SMILES string of the molecule is C.CCC.CCSC. The van der Waals surface area contributed by atoms with Crippen molar-refractivity contribution >= 4 is 11.8 Å². The summed E-state index contributed by atoms with van der Waals surface area (Å²) in [5, 5.41) is 0. The molecule has 0 aromatic heterocycles. The minimum absolute atomic E-state index is 0. The normalized spacial score (nSPS) is 6.00. The van der Waals surface area contributed by atoms with Crippen LogP contribution in [0.3, 0.4) is 0 Å². The molecule has 0 nitrogen and oxygen atoms in total. The van der Waals surface area contributed by atoms with Gasteiger partial charge in [-0.25, -0.2) is 0 Å². The van der Waals surface area contributed by atoms with Crippen LogP contribution in [0.25, 0.3) is 0 Å². The molecule has 0 atom stereocenters. The molecular formula is C7H20S. The molecule has 0 radical (unpaired) electrons. The Morgan fingerprint density at radius 1 is 1.12 bits per heavy atom. The lowest BCUT2D eigenvalue weighted by molar-refractivity contribution is 1.09. The van der Waals surface area contributed by atoms with E-state index in [2.05, 4.69) is 27.0 Å². The highest BCUT2D eigenvalue weighted by molar-refractivity contribution is 7.98. The van der Waals surface area contributed by atoms with Gasteiger partial charge in [0.05, 0.1) is 0 Å². The molecule has 0 saturated carbocycles. The van der Waals surface area contributed by atoms with Crippen molar-refractivity contribution in [2.45, 2.75) is 34.6 Å². The fraction of sp³-hybridized carbons (Fsp3) is 1.00. The number of thioether (sulfide) groups is 1. The molecule has 0 aliphatic rings. The third kappa shape index (κ3) is 99.7. The summed E-state index contributed by atoms with van der Waals surface area (Å²) < 4.78 is 0. The molecule has 0 fully saturated rings. The van der Waals surface area contributed by atoms with Crippen LogP contribution in [0.4, 0.5) is 0 Å². The molecule has 54 valence electrons. The van der Waals surface area contributed by atoms with E-state index in [-0.39, 0.29) is 7.43 Å². The summed E-state index contributed by atoms with van der Waals surface area (Å²) in [5.74, 6) is 1.24. The van der Waals surface area contributed by atoms with Crippen LogP contribution in [-0.4, -0.2) is 12.0 Å². The second kappa shape index (κ2) is 26.4. The largest absolute Gasteiger partial charge is 0.166 e. The minimum Gasteiger partial charge on any atom is -0.166 e. The summed E-state index contributed by atoms with van der Waals surface area (Å²) in [7, 11) is 0. The van der Waals surface area contributed by atoms with E-state index >= 15 is 0 Å². The van der Waals surface area contributed by atoms with Crippen molar-refractivity contribution in [1.29, 1.82) is 0 Å². The third-order valence-electron chi connectivity index (χ3n) is 0.289.